The molecule has 24 heavy (non-hydrogen) atoms. The maximum Gasteiger partial charge on any atom is 0.135 e. The average Bonchev–Trinajstić information content (AvgIpc) is 3.10. The third kappa shape index (κ3) is 3.32. The fourth-order valence-corrected chi connectivity index (χ4v) is 3.76. The summed E-state index contributed by atoms with van der Waals surface area (Å²) in [5.74, 6) is 1.15. The van der Waals surface area contributed by atoms with Crippen LogP contribution in [0.15, 0.2) is 35.4 Å². The zero-order valence-electron chi connectivity index (χ0n) is 13.7. The molecular weight excluding hydrogens is 342 g/mol. The first-order valence-electron chi connectivity index (χ1n) is 7.94. The van der Waals surface area contributed by atoms with Gasteiger partial charge in [-0.3, -0.25) is 5.41 Å². The van der Waals surface area contributed by atoms with E-state index in [1.165, 1.54) is 11.3 Å². The summed E-state index contributed by atoms with van der Waals surface area (Å²) >= 11 is 7.66. The lowest BCUT2D eigenvalue weighted by Crippen LogP contribution is -2.28. The summed E-state index contributed by atoms with van der Waals surface area (Å²) in [6.45, 7) is 5.48. The first-order chi connectivity index (χ1) is 11.5. The third-order valence-electron chi connectivity index (χ3n) is 4.03. The van der Waals surface area contributed by atoms with E-state index in [1.807, 2.05) is 34.5 Å². The smallest absolute Gasteiger partial charge is 0.135 e. The summed E-state index contributed by atoms with van der Waals surface area (Å²) in [5, 5.41) is 21.9. The molecule has 4 nitrogen and oxygen atoms in total. The number of aliphatic hydroxyl groups excluding tert-OH is 1. The zero-order chi connectivity index (χ0) is 17.3. The van der Waals surface area contributed by atoms with Crippen LogP contribution >= 0.6 is 22.9 Å². The molecule has 3 rings (SSSR count). The Hall–Kier alpha value is -1.85. The lowest BCUT2D eigenvalue weighted by Gasteiger charge is -2.19. The predicted molar refractivity (Wildman–Crippen MR) is 101 cm³/mol. The predicted octanol–water partition coefficient (Wildman–Crippen LogP) is 5.07. The molecule has 2 aromatic rings. The number of nitrogens with zero attached hydrogens (tertiary/aromatic N) is 2. The van der Waals surface area contributed by atoms with Crippen molar-refractivity contribution in [2.45, 2.75) is 20.3 Å². The maximum atomic E-state index is 10.3. The Labute approximate surface area is 150 Å². The second kappa shape index (κ2) is 6.95. The molecule has 1 aliphatic heterocycles. The van der Waals surface area contributed by atoms with Gasteiger partial charge in [-0.15, -0.1) is 11.3 Å². The minimum absolute atomic E-state index is 0.226. The monoisotopic (exact) mass is 361 g/mol. The Morgan fingerprint density at radius 3 is 2.83 bits per heavy atom. The molecule has 126 valence electrons. The number of benzene rings is 1. The van der Waals surface area contributed by atoms with Crippen molar-refractivity contribution in [1.29, 1.82) is 5.41 Å². The number of rotatable bonds is 5. The number of hydrogen-bond acceptors (Lipinski definition) is 4. The number of aromatic nitrogens is 1. The van der Waals surface area contributed by atoms with Crippen LogP contribution in [0.5, 0.6) is 0 Å². The van der Waals surface area contributed by atoms with Gasteiger partial charge < -0.3 is 10.0 Å². The molecule has 0 fully saturated rings. The van der Waals surface area contributed by atoms with Crippen LogP contribution < -0.4 is 0 Å². The van der Waals surface area contributed by atoms with Crippen LogP contribution in [0.1, 0.15) is 25.3 Å². The number of aliphatic hydroxyl groups is 1. The second-order valence-corrected chi connectivity index (χ2v) is 7.56. The minimum atomic E-state index is 0.226. The van der Waals surface area contributed by atoms with Crippen LogP contribution in [0.2, 0.25) is 5.02 Å². The van der Waals surface area contributed by atoms with E-state index in [9.17, 15) is 5.11 Å². The van der Waals surface area contributed by atoms with Gasteiger partial charge in [0.25, 0.3) is 0 Å². The van der Waals surface area contributed by atoms with Gasteiger partial charge in [-0.2, -0.15) is 0 Å². The van der Waals surface area contributed by atoms with Gasteiger partial charge in [0, 0.05) is 22.5 Å². The summed E-state index contributed by atoms with van der Waals surface area (Å²) in [4.78, 5) is 6.51. The van der Waals surface area contributed by atoms with Gasteiger partial charge in [0.2, 0.25) is 0 Å². The molecule has 0 spiro atoms. The average molecular weight is 362 g/mol. The first kappa shape index (κ1) is 17.0. The summed E-state index contributed by atoms with van der Waals surface area (Å²) in [6, 6.07) is 7.55. The van der Waals surface area contributed by atoms with Crippen molar-refractivity contribution >= 4 is 34.3 Å². The first-order valence-corrected chi connectivity index (χ1v) is 9.20. The summed E-state index contributed by atoms with van der Waals surface area (Å²) in [7, 11) is 0. The molecular formula is C18H20ClN3OS. The molecule has 0 saturated heterocycles. The van der Waals surface area contributed by atoms with E-state index in [-0.39, 0.29) is 5.76 Å². The van der Waals surface area contributed by atoms with Gasteiger partial charge in [-0.25, -0.2) is 4.98 Å². The van der Waals surface area contributed by atoms with Crippen molar-refractivity contribution in [3.05, 3.63) is 45.4 Å². The van der Waals surface area contributed by atoms with Gasteiger partial charge in [0.15, 0.2) is 0 Å². The fourth-order valence-electron chi connectivity index (χ4n) is 2.64. The molecule has 2 N–H and O–H groups in total. The Kier molecular flexibility index (Phi) is 4.92. The lowest BCUT2D eigenvalue weighted by atomic mass is 10.1. The van der Waals surface area contributed by atoms with E-state index in [2.05, 4.69) is 18.8 Å². The minimum Gasteiger partial charge on any atom is -0.510 e. The van der Waals surface area contributed by atoms with Crippen molar-refractivity contribution < 1.29 is 5.11 Å². The highest BCUT2D eigenvalue weighted by Gasteiger charge is 2.30. The zero-order valence-corrected chi connectivity index (χ0v) is 15.3. The Morgan fingerprint density at radius 1 is 1.38 bits per heavy atom. The van der Waals surface area contributed by atoms with Gasteiger partial charge in [0.05, 0.1) is 17.8 Å². The molecule has 1 aromatic heterocycles. The number of amidine groups is 1. The molecule has 1 aliphatic rings. The highest BCUT2D eigenvalue weighted by Crippen LogP contribution is 2.34. The maximum absolute atomic E-state index is 10.3. The second-order valence-electron chi connectivity index (χ2n) is 6.29. The summed E-state index contributed by atoms with van der Waals surface area (Å²) in [5.41, 5.74) is 2.18. The molecule has 0 amide bonds. The standard InChI is InChI=1S/C18H20ClN3OS/c1-11(2)7-8-22-9-15(23)16(17(22)20)18-21-14(10-24-18)12-5-3-4-6-13(12)19/h3-6,10-11,20,23H,7-9H2,1-2H3. The Morgan fingerprint density at radius 2 is 2.12 bits per heavy atom. The van der Waals surface area contributed by atoms with E-state index in [1.54, 1.807) is 0 Å². The van der Waals surface area contributed by atoms with Crippen molar-refractivity contribution in [2.75, 3.05) is 13.1 Å². The largest absolute Gasteiger partial charge is 0.510 e. The molecule has 0 bridgehead atoms. The molecule has 0 saturated carbocycles. The number of hydrogen-bond donors (Lipinski definition) is 2. The van der Waals surface area contributed by atoms with Crippen molar-refractivity contribution in [1.82, 2.24) is 9.88 Å². The van der Waals surface area contributed by atoms with Crippen LogP contribution in [0.4, 0.5) is 0 Å². The quantitative estimate of drug-likeness (QED) is 0.781. The van der Waals surface area contributed by atoms with E-state index in [0.717, 1.165) is 24.2 Å². The van der Waals surface area contributed by atoms with E-state index >= 15 is 0 Å². The third-order valence-corrected chi connectivity index (χ3v) is 5.22. The summed E-state index contributed by atoms with van der Waals surface area (Å²) < 4.78 is 0. The van der Waals surface area contributed by atoms with Crippen LogP contribution in [0.25, 0.3) is 16.8 Å². The van der Waals surface area contributed by atoms with Crippen molar-refractivity contribution in [3.8, 4) is 11.3 Å². The molecule has 2 heterocycles. The fraction of sp³-hybridized carbons (Fsp3) is 0.333. The van der Waals surface area contributed by atoms with Gasteiger partial charge in [-0.1, -0.05) is 43.6 Å². The van der Waals surface area contributed by atoms with Crippen LogP contribution in [-0.2, 0) is 0 Å². The SMILES string of the molecule is CC(C)CCN1CC(O)=C(c2nc(-c3ccccc3Cl)cs2)C1=N. The van der Waals surface area contributed by atoms with Crippen molar-refractivity contribution in [2.24, 2.45) is 5.92 Å². The lowest BCUT2D eigenvalue weighted by molar-refractivity contribution is 0.337. The van der Waals surface area contributed by atoms with Crippen LogP contribution in [-0.4, -0.2) is 33.9 Å². The normalized spacial score (nSPS) is 15.0. The van der Waals surface area contributed by atoms with E-state index in [0.29, 0.717) is 33.9 Å². The van der Waals surface area contributed by atoms with Gasteiger partial charge in [0.1, 0.15) is 16.6 Å². The highest BCUT2D eigenvalue weighted by molar-refractivity contribution is 7.11. The Balaban J connectivity index is 1.84. The molecule has 0 radical (unpaired) electrons. The summed E-state index contributed by atoms with van der Waals surface area (Å²) in [6.07, 6.45) is 0.992. The number of nitrogens with one attached hydrogen (secondary N) is 1. The van der Waals surface area contributed by atoms with Crippen LogP contribution in [0.3, 0.4) is 0 Å². The number of halogens is 1. The highest BCUT2D eigenvalue weighted by atomic mass is 35.5. The van der Waals surface area contributed by atoms with E-state index < -0.39 is 0 Å². The molecule has 0 atom stereocenters. The topological polar surface area (TPSA) is 60.2 Å². The molecule has 0 unspecified atom stereocenters. The Bertz CT molecular complexity index is 797. The molecule has 0 aliphatic carbocycles. The van der Waals surface area contributed by atoms with Crippen LogP contribution in [0, 0.1) is 11.3 Å². The molecule has 1 aromatic carbocycles. The van der Waals surface area contributed by atoms with Gasteiger partial charge in [-0.05, 0) is 18.4 Å². The van der Waals surface area contributed by atoms with Crippen molar-refractivity contribution in [3.63, 3.8) is 0 Å². The number of thiazole rings is 1. The molecule has 6 heteroatoms. The van der Waals surface area contributed by atoms with Gasteiger partial charge >= 0.3 is 0 Å². The van der Waals surface area contributed by atoms with E-state index in [4.69, 9.17) is 17.0 Å².